The molecule has 4 heteroatoms. The second-order valence-electron chi connectivity index (χ2n) is 1.74. The molecule has 0 aromatic rings. The van der Waals surface area contributed by atoms with Crippen LogP contribution in [0, 0.1) is 5.92 Å². The van der Waals surface area contributed by atoms with Gasteiger partial charge in [0.25, 0.3) is 0 Å². The Kier molecular flexibility index (Phi) is 10.1. The Morgan fingerprint density at radius 2 is 1.44 bits per heavy atom. The summed E-state index contributed by atoms with van der Waals surface area (Å²) in [6, 6.07) is 0. The van der Waals surface area contributed by atoms with E-state index in [0.717, 1.165) is 0 Å². The molecule has 0 rings (SSSR count). The minimum Gasteiger partial charge on any atom is -0.412 e. The number of aliphatic hydroxyl groups is 3. The van der Waals surface area contributed by atoms with Crippen molar-refractivity contribution in [3.63, 3.8) is 0 Å². The van der Waals surface area contributed by atoms with E-state index in [2.05, 4.69) is 0 Å². The first-order valence-electron chi connectivity index (χ1n) is 2.67. The Labute approximate surface area is 54.1 Å². The van der Waals surface area contributed by atoms with E-state index >= 15 is 0 Å². The van der Waals surface area contributed by atoms with Gasteiger partial charge in [-0.1, -0.05) is 0 Å². The van der Waals surface area contributed by atoms with E-state index < -0.39 is 0 Å². The van der Waals surface area contributed by atoms with Gasteiger partial charge in [-0.15, -0.1) is 0 Å². The van der Waals surface area contributed by atoms with E-state index in [4.69, 9.17) is 15.3 Å². The third kappa shape index (κ3) is 5.72. The first-order chi connectivity index (χ1) is 3.85. The van der Waals surface area contributed by atoms with Gasteiger partial charge in [-0.25, -0.2) is 0 Å². The van der Waals surface area contributed by atoms with Gasteiger partial charge in [0.1, 0.15) is 0 Å². The summed E-state index contributed by atoms with van der Waals surface area (Å²) in [6.45, 7) is -0.0556. The fraction of sp³-hybridized carbons (Fsp3) is 1.00. The van der Waals surface area contributed by atoms with Crippen molar-refractivity contribution in [3.05, 3.63) is 0 Å². The first kappa shape index (κ1) is 11.6. The molecule has 9 heavy (non-hydrogen) atoms. The second kappa shape index (κ2) is 7.84. The van der Waals surface area contributed by atoms with Crippen molar-refractivity contribution in [2.45, 2.75) is 6.42 Å². The van der Waals surface area contributed by atoms with Crippen molar-refractivity contribution in [1.82, 2.24) is 0 Å². The molecule has 0 saturated carbocycles. The monoisotopic (exact) mass is 138 g/mol. The lowest BCUT2D eigenvalue weighted by Crippen LogP contribution is -2.12. The average Bonchev–Trinajstić information content (AvgIpc) is 1.83. The van der Waals surface area contributed by atoms with Gasteiger partial charge >= 0.3 is 0 Å². The lowest BCUT2D eigenvalue weighted by atomic mass is 10.1. The molecule has 0 atom stereocenters. The van der Waals surface area contributed by atoms with Crippen LogP contribution in [0.3, 0.4) is 0 Å². The third-order valence-corrected chi connectivity index (χ3v) is 1.05. The van der Waals surface area contributed by atoms with E-state index in [1.165, 1.54) is 0 Å². The van der Waals surface area contributed by atoms with E-state index in [1.54, 1.807) is 0 Å². The predicted molar refractivity (Wildman–Crippen MR) is 33.0 cm³/mol. The fourth-order valence-electron chi connectivity index (χ4n) is 0.423. The molecular formula is C5H14O4. The molecule has 0 radical (unpaired) electrons. The van der Waals surface area contributed by atoms with Gasteiger partial charge in [-0.05, 0) is 6.42 Å². The number of hydrogen-bond acceptors (Lipinski definition) is 3. The Balaban J connectivity index is 0. The zero-order chi connectivity index (χ0) is 6.41. The molecule has 0 aliphatic rings. The van der Waals surface area contributed by atoms with Crippen molar-refractivity contribution in [3.8, 4) is 0 Å². The maximum atomic E-state index is 8.39. The molecule has 0 aromatic heterocycles. The molecule has 0 unspecified atom stereocenters. The smallest absolute Gasteiger partial charge is 0.0482 e. The van der Waals surface area contributed by atoms with Crippen LogP contribution in [0.5, 0.6) is 0 Å². The van der Waals surface area contributed by atoms with E-state index in [0.29, 0.717) is 6.42 Å². The van der Waals surface area contributed by atoms with Crippen molar-refractivity contribution in [2.75, 3.05) is 19.8 Å². The third-order valence-electron chi connectivity index (χ3n) is 1.05. The summed E-state index contributed by atoms with van der Waals surface area (Å²) in [5.74, 6) is -0.139. The summed E-state index contributed by atoms with van der Waals surface area (Å²) in [5, 5.41) is 25.0. The molecule has 0 aliphatic heterocycles. The standard InChI is InChI=1S/C5H12O3.H2O/c6-2-1-5(3-7)4-8;/h5-8H,1-4H2;1H2. The lowest BCUT2D eigenvalue weighted by molar-refractivity contribution is 0.124. The van der Waals surface area contributed by atoms with Crippen LogP contribution < -0.4 is 0 Å². The van der Waals surface area contributed by atoms with Crippen molar-refractivity contribution < 1.29 is 20.8 Å². The average molecular weight is 138 g/mol. The molecule has 5 N–H and O–H groups in total. The van der Waals surface area contributed by atoms with Gasteiger partial charge < -0.3 is 20.8 Å². The Morgan fingerprint density at radius 1 is 1.00 bits per heavy atom. The van der Waals surface area contributed by atoms with Crippen molar-refractivity contribution >= 4 is 0 Å². The molecule has 0 fully saturated rings. The summed E-state index contributed by atoms with van der Waals surface area (Å²) in [6.07, 6.45) is 0.479. The molecular weight excluding hydrogens is 124 g/mol. The summed E-state index contributed by atoms with van der Waals surface area (Å²) >= 11 is 0. The lowest BCUT2D eigenvalue weighted by Gasteiger charge is -2.06. The summed E-state index contributed by atoms with van der Waals surface area (Å²) in [5.41, 5.74) is 0. The highest BCUT2D eigenvalue weighted by molar-refractivity contribution is 4.52. The molecule has 0 saturated heterocycles. The molecule has 4 nitrogen and oxygen atoms in total. The SMILES string of the molecule is O.OCCC(CO)CO. The molecule has 58 valence electrons. The normalized spacial score (nSPS) is 9.33. The minimum absolute atomic E-state index is 0. The summed E-state index contributed by atoms with van der Waals surface area (Å²) < 4.78 is 0. The van der Waals surface area contributed by atoms with Crippen LogP contribution in [0.2, 0.25) is 0 Å². The van der Waals surface area contributed by atoms with Gasteiger partial charge in [-0.2, -0.15) is 0 Å². The van der Waals surface area contributed by atoms with Crippen LogP contribution in [0.25, 0.3) is 0 Å². The molecule has 0 amide bonds. The second-order valence-corrected chi connectivity index (χ2v) is 1.74. The van der Waals surface area contributed by atoms with Gasteiger partial charge in [-0.3, -0.25) is 0 Å². The Morgan fingerprint density at radius 3 is 1.56 bits per heavy atom. The van der Waals surface area contributed by atoms with E-state index in [1.807, 2.05) is 0 Å². The minimum atomic E-state index is -0.139. The van der Waals surface area contributed by atoms with Gasteiger partial charge in [0.05, 0.1) is 0 Å². The molecule has 0 spiro atoms. The van der Waals surface area contributed by atoms with Crippen molar-refractivity contribution in [1.29, 1.82) is 0 Å². The van der Waals surface area contributed by atoms with Crippen molar-refractivity contribution in [2.24, 2.45) is 5.92 Å². The quantitative estimate of drug-likeness (QED) is 0.425. The van der Waals surface area contributed by atoms with Crippen LogP contribution in [-0.4, -0.2) is 40.6 Å². The van der Waals surface area contributed by atoms with Crippen LogP contribution in [0.15, 0.2) is 0 Å². The van der Waals surface area contributed by atoms with Gasteiger partial charge in [0, 0.05) is 25.7 Å². The maximum Gasteiger partial charge on any atom is 0.0482 e. The maximum absolute atomic E-state index is 8.39. The zero-order valence-electron chi connectivity index (χ0n) is 5.25. The molecule has 0 aromatic carbocycles. The largest absolute Gasteiger partial charge is 0.412 e. The Bertz CT molecular complexity index is 44.2. The number of aliphatic hydroxyl groups excluding tert-OH is 3. The van der Waals surface area contributed by atoms with Crippen LogP contribution in [0.4, 0.5) is 0 Å². The van der Waals surface area contributed by atoms with Crippen LogP contribution in [0.1, 0.15) is 6.42 Å². The zero-order valence-corrected chi connectivity index (χ0v) is 5.25. The predicted octanol–water partition coefficient (Wildman–Crippen LogP) is -1.86. The summed E-state index contributed by atoms with van der Waals surface area (Å²) in [4.78, 5) is 0. The van der Waals surface area contributed by atoms with Crippen LogP contribution in [-0.2, 0) is 0 Å². The fourth-order valence-corrected chi connectivity index (χ4v) is 0.423. The molecule has 0 bridgehead atoms. The van der Waals surface area contributed by atoms with Gasteiger partial charge in [0.15, 0.2) is 0 Å². The van der Waals surface area contributed by atoms with Crippen LogP contribution >= 0.6 is 0 Å². The number of rotatable bonds is 4. The molecule has 0 aliphatic carbocycles. The Hall–Kier alpha value is -0.160. The highest BCUT2D eigenvalue weighted by Gasteiger charge is 2.02. The van der Waals surface area contributed by atoms with E-state index in [9.17, 15) is 0 Å². The van der Waals surface area contributed by atoms with E-state index in [-0.39, 0.29) is 31.2 Å². The molecule has 0 heterocycles. The highest BCUT2D eigenvalue weighted by Crippen LogP contribution is 1.97. The topological polar surface area (TPSA) is 92.2 Å². The number of hydrogen-bond donors (Lipinski definition) is 3. The summed E-state index contributed by atoms with van der Waals surface area (Å²) in [7, 11) is 0. The first-order valence-corrected chi connectivity index (χ1v) is 2.67. The van der Waals surface area contributed by atoms with Gasteiger partial charge in [0.2, 0.25) is 0 Å². The highest BCUT2D eigenvalue weighted by atomic mass is 16.3.